The average Bonchev–Trinajstić information content (AvgIpc) is 2.86. The van der Waals surface area contributed by atoms with Gasteiger partial charge in [-0.15, -0.1) is 11.3 Å². The minimum Gasteiger partial charge on any atom is -0.329 e. The first kappa shape index (κ1) is 17.0. The summed E-state index contributed by atoms with van der Waals surface area (Å²) in [5, 5.41) is 0. The molecule has 2 aromatic rings. The molecule has 0 aliphatic rings. The van der Waals surface area contributed by atoms with E-state index in [9.17, 15) is 0 Å². The molecule has 0 spiro atoms. The van der Waals surface area contributed by atoms with E-state index in [-0.39, 0.29) is 5.54 Å². The van der Waals surface area contributed by atoms with Crippen LogP contribution in [0.5, 0.6) is 0 Å². The van der Waals surface area contributed by atoms with Crippen molar-refractivity contribution >= 4 is 38.9 Å². The van der Waals surface area contributed by atoms with Crippen LogP contribution >= 0.6 is 38.9 Å². The number of benzene rings is 1. The highest BCUT2D eigenvalue weighted by Crippen LogP contribution is 2.26. The number of nitrogens with two attached hydrogens (primary N) is 1. The van der Waals surface area contributed by atoms with Crippen LogP contribution in [0.4, 0.5) is 0 Å². The van der Waals surface area contributed by atoms with Crippen LogP contribution in [-0.2, 0) is 13.0 Å². The lowest BCUT2D eigenvalue weighted by atomic mass is 9.91. The second-order valence-corrected chi connectivity index (χ2v) is 8.28. The molecule has 0 fully saturated rings. The molecular weight excluding hydrogens is 368 g/mol. The molecule has 0 aliphatic heterocycles. The highest BCUT2D eigenvalue weighted by Gasteiger charge is 2.28. The van der Waals surface area contributed by atoms with Gasteiger partial charge in [-0.25, -0.2) is 0 Å². The third kappa shape index (κ3) is 4.54. The fourth-order valence-corrected chi connectivity index (χ4v) is 3.67. The number of hydrogen-bond acceptors (Lipinski definition) is 3. The molecule has 0 bridgehead atoms. The number of likely N-dealkylation sites (N-methyl/N-ethyl adjacent to an activating group) is 1. The lowest BCUT2D eigenvalue weighted by Crippen LogP contribution is -2.50. The third-order valence-corrected chi connectivity index (χ3v) is 5.63. The third-order valence-electron chi connectivity index (χ3n) is 3.88. The molecule has 0 aliphatic carbocycles. The molecule has 1 aromatic carbocycles. The largest absolute Gasteiger partial charge is 0.329 e. The SMILES string of the molecule is CN(Cc1ccc(Cl)s1)C(C)(CN)Cc1ccc(Br)cc1. The molecule has 0 saturated carbocycles. The molecule has 2 rings (SSSR count). The number of halogens is 2. The summed E-state index contributed by atoms with van der Waals surface area (Å²) in [6.07, 6.45) is 0.923. The standard InChI is InChI=1S/C16H20BrClN2S/c1-16(11-19,9-12-3-5-13(17)6-4-12)20(2)10-14-7-8-15(18)21-14/h3-8H,9-11,19H2,1-2H3. The summed E-state index contributed by atoms with van der Waals surface area (Å²) in [7, 11) is 2.12. The van der Waals surface area contributed by atoms with E-state index in [4.69, 9.17) is 17.3 Å². The van der Waals surface area contributed by atoms with Gasteiger partial charge in [0.15, 0.2) is 0 Å². The fourth-order valence-electron chi connectivity index (χ4n) is 2.27. The van der Waals surface area contributed by atoms with Crippen LogP contribution in [0.15, 0.2) is 40.9 Å². The van der Waals surface area contributed by atoms with Crippen molar-refractivity contribution in [3.8, 4) is 0 Å². The Hall–Kier alpha value is -0.390. The van der Waals surface area contributed by atoms with Gasteiger partial charge in [0.2, 0.25) is 0 Å². The van der Waals surface area contributed by atoms with Crippen molar-refractivity contribution in [3.05, 3.63) is 55.6 Å². The monoisotopic (exact) mass is 386 g/mol. The normalized spacial score (nSPS) is 14.4. The number of nitrogens with zero attached hydrogens (tertiary/aromatic N) is 1. The fraction of sp³-hybridized carbons (Fsp3) is 0.375. The first-order valence-corrected chi connectivity index (χ1v) is 8.82. The summed E-state index contributed by atoms with van der Waals surface area (Å²) in [5.74, 6) is 0. The number of thiophene rings is 1. The molecule has 1 unspecified atom stereocenters. The van der Waals surface area contributed by atoms with Crippen LogP contribution < -0.4 is 5.73 Å². The predicted molar refractivity (Wildman–Crippen MR) is 96.1 cm³/mol. The summed E-state index contributed by atoms with van der Waals surface area (Å²) >= 11 is 11.1. The Kier molecular flexibility index (Phi) is 5.86. The zero-order valence-corrected chi connectivity index (χ0v) is 15.4. The van der Waals surface area contributed by atoms with Gasteiger partial charge < -0.3 is 5.73 Å². The van der Waals surface area contributed by atoms with Gasteiger partial charge in [-0.05, 0) is 50.2 Å². The minimum atomic E-state index is -0.0791. The average molecular weight is 388 g/mol. The number of hydrogen-bond donors (Lipinski definition) is 1. The molecule has 21 heavy (non-hydrogen) atoms. The molecule has 0 radical (unpaired) electrons. The molecule has 0 amide bonds. The molecule has 1 aromatic heterocycles. The molecule has 114 valence electrons. The maximum Gasteiger partial charge on any atom is 0.0931 e. The molecule has 5 heteroatoms. The van der Waals surface area contributed by atoms with Crippen molar-refractivity contribution < 1.29 is 0 Å². The van der Waals surface area contributed by atoms with Crippen LogP contribution in [0.2, 0.25) is 4.34 Å². The van der Waals surface area contributed by atoms with Crippen molar-refractivity contribution in [2.24, 2.45) is 5.73 Å². The zero-order chi connectivity index (χ0) is 15.5. The van der Waals surface area contributed by atoms with Gasteiger partial charge in [0.1, 0.15) is 0 Å². The zero-order valence-electron chi connectivity index (χ0n) is 12.3. The summed E-state index contributed by atoms with van der Waals surface area (Å²) in [4.78, 5) is 3.58. The summed E-state index contributed by atoms with van der Waals surface area (Å²) < 4.78 is 1.93. The Labute approximate surface area is 144 Å². The highest BCUT2D eigenvalue weighted by atomic mass is 79.9. The summed E-state index contributed by atoms with van der Waals surface area (Å²) in [6, 6.07) is 12.5. The number of rotatable bonds is 6. The maximum absolute atomic E-state index is 6.07. The first-order valence-electron chi connectivity index (χ1n) is 6.83. The topological polar surface area (TPSA) is 29.3 Å². The second-order valence-electron chi connectivity index (χ2n) is 5.57. The van der Waals surface area contributed by atoms with Crippen LogP contribution in [0.1, 0.15) is 17.4 Å². The first-order chi connectivity index (χ1) is 9.93. The quantitative estimate of drug-likeness (QED) is 0.787. The van der Waals surface area contributed by atoms with Crippen molar-refractivity contribution in [2.75, 3.05) is 13.6 Å². The smallest absolute Gasteiger partial charge is 0.0931 e. The van der Waals surface area contributed by atoms with Crippen molar-refractivity contribution in [2.45, 2.75) is 25.4 Å². The van der Waals surface area contributed by atoms with Gasteiger partial charge in [-0.1, -0.05) is 39.7 Å². The Bertz CT molecular complexity index is 584. The summed E-state index contributed by atoms with van der Waals surface area (Å²) in [5.41, 5.74) is 7.29. The Morgan fingerprint density at radius 1 is 1.24 bits per heavy atom. The lowest BCUT2D eigenvalue weighted by Gasteiger charge is -2.38. The molecule has 0 saturated heterocycles. The maximum atomic E-state index is 6.07. The molecule has 1 atom stereocenters. The highest BCUT2D eigenvalue weighted by molar-refractivity contribution is 9.10. The van der Waals surface area contributed by atoms with Crippen molar-refractivity contribution in [1.82, 2.24) is 4.90 Å². The Balaban J connectivity index is 2.09. The van der Waals surface area contributed by atoms with Gasteiger partial charge in [0, 0.05) is 28.0 Å². The second kappa shape index (κ2) is 7.25. The van der Waals surface area contributed by atoms with Crippen LogP contribution in [0, 0.1) is 0 Å². The van der Waals surface area contributed by atoms with Gasteiger partial charge in [0.05, 0.1) is 4.34 Å². The van der Waals surface area contributed by atoms with Crippen LogP contribution in [0.3, 0.4) is 0 Å². The van der Waals surface area contributed by atoms with Crippen LogP contribution in [-0.4, -0.2) is 24.0 Å². The van der Waals surface area contributed by atoms with E-state index in [2.05, 4.69) is 65.1 Å². The molecule has 2 N–H and O–H groups in total. The van der Waals surface area contributed by atoms with Crippen LogP contribution in [0.25, 0.3) is 0 Å². The van der Waals surface area contributed by atoms with Gasteiger partial charge in [0.25, 0.3) is 0 Å². The van der Waals surface area contributed by atoms with E-state index in [1.165, 1.54) is 10.4 Å². The van der Waals surface area contributed by atoms with E-state index in [1.54, 1.807) is 11.3 Å². The lowest BCUT2D eigenvalue weighted by molar-refractivity contribution is 0.137. The summed E-state index contributed by atoms with van der Waals surface area (Å²) in [6.45, 7) is 3.69. The van der Waals surface area contributed by atoms with E-state index in [0.717, 1.165) is 21.8 Å². The molecule has 2 nitrogen and oxygen atoms in total. The van der Waals surface area contributed by atoms with Gasteiger partial charge in [-0.3, -0.25) is 4.90 Å². The van der Waals surface area contributed by atoms with E-state index < -0.39 is 0 Å². The Morgan fingerprint density at radius 3 is 2.43 bits per heavy atom. The predicted octanol–water partition coefficient (Wildman–Crippen LogP) is 4.56. The van der Waals surface area contributed by atoms with Gasteiger partial charge >= 0.3 is 0 Å². The Morgan fingerprint density at radius 2 is 1.90 bits per heavy atom. The van der Waals surface area contributed by atoms with E-state index in [0.29, 0.717) is 6.54 Å². The van der Waals surface area contributed by atoms with Crippen molar-refractivity contribution in [1.29, 1.82) is 0 Å². The minimum absolute atomic E-state index is 0.0791. The van der Waals surface area contributed by atoms with Crippen molar-refractivity contribution in [3.63, 3.8) is 0 Å². The van der Waals surface area contributed by atoms with E-state index in [1.807, 2.05) is 6.07 Å². The molecular formula is C16H20BrClN2S. The molecule has 1 heterocycles. The van der Waals surface area contributed by atoms with E-state index >= 15 is 0 Å². The van der Waals surface area contributed by atoms with Gasteiger partial charge in [-0.2, -0.15) is 0 Å².